The molecule has 16 heavy (non-hydrogen) atoms. The minimum absolute atomic E-state index is 0.0125. The number of aliphatic hydroxyl groups excluding tert-OH is 1. The monoisotopic (exact) mass is 220 g/mol. The molecule has 0 spiro atoms. The number of aryl methyl sites for hydroxylation is 1. The van der Waals surface area contributed by atoms with Gasteiger partial charge < -0.3 is 5.11 Å². The van der Waals surface area contributed by atoms with Gasteiger partial charge >= 0.3 is 0 Å². The third-order valence-corrected chi connectivity index (χ3v) is 3.39. The van der Waals surface area contributed by atoms with Crippen LogP contribution in [0.2, 0.25) is 0 Å². The van der Waals surface area contributed by atoms with E-state index in [4.69, 9.17) is 5.11 Å². The summed E-state index contributed by atoms with van der Waals surface area (Å²) >= 11 is 0. The summed E-state index contributed by atoms with van der Waals surface area (Å²) in [7, 11) is 0. The Labute approximate surface area is 96.9 Å². The first-order valence-corrected chi connectivity index (χ1v) is 6.14. The summed E-state index contributed by atoms with van der Waals surface area (Å²) in [5, 5.41) is 9.15. The Morgan fingerprint density at radius 3 is 2.88 bits per heavy atom. The summed E-state index contributed by atoms with van der Waals surface area (Å²) in [6.07, 6.45) is 4.99. The van der Waals surface area contributed by atoms with Gasteiger partial charge in [-0.3, -0.25) is 0 Å². The van der Waals surface area contributed by atoms with Crippen LogP contribution in [0.1, 0.15) is 55.7 Å². The van der Waals surface area contributed by atoms with Crippen LogP contribution in [0.5, 0.6) is 0 Å². The molecule has 1 heterocycles. The molecule has 0 saturated heterocycles. The van der Waals surface area contributed by atoms with E-state index in [0.29, 0.717) is 5.92 Å². The van der Waals surface area contributed by atoms with Crippen LogP contribution in [-0.2, 0) is 6.61 Å². The van der Waals surface area contributed by atoms with Gasteiger partial charge in [0.1, 0.15) is 5.82 Å². The fourth-order valence-corrected chi connectivity index (χ4v) is 2.59. The van der Waals surface area contributed by atoms with Gasteiger partial charge in [0.05, 0.1) is 12.3 Å². The molecule has 1 aromatic heterocycles. The van der Waals surface area contributed by atoms with E-state index < -0.39 is 0 Å². The minimum atomic E-state index is 0.0125. The maximum absolute atomic E-state index is 9.15. The van der Waals surface area contributed by atoms with Crippen molar-refractivity contribution in [1.29, 1.82) is 0 Å². The molecule has 0 bridgehead atoms. The number of nitrogens with zero attached hydrogens (tertiary/aromatic N) is 2. The van der Waals surface area contributed by atoms with Crippen LogP contribution in [0.25, 0.3) is 0 Å². The van der Waals surface area contributed by atoms with Crippen molar-refractivity contribution in [2.45, 2.75) is 52.1 Å². The summed E-state index contributed by atoms with van der Waals surface area (Å²) in [5.74, 6) is 2.21. The second-order valence-corrected chi connectivity index (χ2v) is 4.99. The van der Waals surface area contributed by atoms with Gasteiger partial charge in [0.25, 0.3) is 0 Å². The predicted octanol–water partition coefficient (Wildman–Crippen LogP) is 2.57. The highest BCUT2D eigenvalue weighted by molar-refractivity contribution is 5.12. The minimum Gasteiger partial charge on any atom is -0.390 e. The molecule has 0 amide bonds. The molecule has 1 fully saturated rings. The number of aliphatic hydroxyl groups is 1. The van der Waals surface area contributed by atoms with Gasteiger partial charge in [-0.1, -0.05) is 19.8 Å². The van der Waals surface area contributed by atoms with Gasteiger partial charge in [-0.05, 0) is 31.7 Å². The summed E-state index contributed by atoms with van der Waals surface area (Å²) in [5.41, 5.74) is 1.72. The van der Waals surface area contributed by atoms with Crippen LogP contribution in [-0.4, -0.2) is 15.1 Å². The molecule has 88 valence electrons. The van der Waals surface area contributed by atoms with Gasteiger partial charge in [0, 0.05) is 11.6 Å². The van der Waals surface area contributed by atoms with Crippen molar-refractivity contribution in [2.75, 3.05) is 0 Å². The van der Waals surface area contributed by atoms with Crippen molar-refractivity contribution in [3.8, 4) is 0 Å². The van der Waals surface area contributed by atoms with Crippen LogP contribution in [0.4, 0.5) is 0 Å². The van der Waals surface area contributed by atoms with E-state index in [-0.39, 0.29) is 6.61 Å². The molecule has 2 rings (SSSR count). The first-order chi connectivity index (χ1) is 7.69. The van der Waals surface area contributed by atoms with Gasteiger partial charge in [-0.2, -0.15) is 0 Å². The average molecular weight is 220 g/mol. The van der Waals surface area contributed by atoms with E-state index in [1.54, 1.807) is 0 Å². The molecular formula is C13H20N2O. The zero-order valence-corrected chi connectivity index (χ0v) is 10.1. The van der Waals surface area contributed by atoms with Crippen molar-refractivity contribution in [2.24, 2.45) is 5.92 Å². The Morgan fingerprint density at radius 1 is 1.38 bits per heavy atom. The lowest BCUT2D eigenvalue weighted by Gasteiger charge is -2.25. The van der Waals surface area contributed by atoms with Gasteiger partial charge in [0.2, 0.25) is 0 Å². The lowest BCUT2D eigenvalue weighted by molar-refractivity contribution is 0.274. The van der Waals surface area contributed by atoms with Gasteiger partial charge in [0.15, 0.2) is 0 Å². The van der Waals surface area contributed by atoms with Gasteiger partial charge in [-0.25, -0.2) is 9.97 Å². The largest absolute Gasteiger partial charge is 0.390 e. The Balaban J connectivity index is 2.21. The van der Waals surface area contributed by atoms with Crippen molar-refractivity contribution in [1.82, 2.24) is 9.97 Å². The van der Waals surface area contributed by atoms with Gasteiger partial charge in [-0.15, -0.1) is 0 Å². The van der Waals surface area contributed by atoms with E-state index in [0.717, 1.165) is 23.1 Å². The first kappa shape index (κ1) is 11.5. The fourth-order valence-electron chi connectivity index (χ4n) is 2.59. The standard InChI is InChI=1S/C13H20N2O/c1-9-4-3-5-11(6-9)13-14-10(2)7-12(8-16)15-13/h7,9,11,16H,3-6,8H2,1-2H3. The van der Waals surface area contributed by atoms with Crippen LogP contribution in [0.3, 0.4) is 0 Å². The zero-order chi connectivity index (χ0) is 11.5. The summed E-state index contributed by atoms with van der Waals surface area (Å²) in [4.78, 5) is 8.97. The molecule has 1 aromatic rings. The molecule has 0 aliphatic heterocycles. The Bertz CT molecular complexity index is 365. The number of hydrogen-bond acceptors (Lipinski definition) is 3. The Hall–Kier alpha value is -0.960. The number of rotatable bonds is 2. The van der Waals surface area contributed by atoms with Crippen LogP contribution >= 0.6 is 0 Å². The summed E-state index contributed by atoms with van der Waals surface area (Å²) in [6, 6.07) is 1.86. The molecule has 2 atom stereocenters. The lowest BCUT2D eigenvalue weighted by atomic mass is 9.82. The molecular weight excluding hydrogens is 200 g/mol. The molecule has 0 radical (unpaired) electrons. The van der Waals surface area contributed by atoms with Crippen LogP contribution in [0, 0.1) is 12.8 Å². The van der Waals surface area contributed by atoms with Crippen molar-refractivity contribution < 1.29 is 5.11 Å². The molecule has 1 saturated carbocycles. The van der Waals surface area contributed by atoms with E-state index in [1.165, 1.54) is 25.7 Å². The molecule has 2 unspecified atom stereocenters. The lowest BCUT2D eigenvalue weighted by Crippen LogP contribution is -2.15. The third kappa shape index (κ3) is 2.59. The smallest absolute Gasteiger partial charge is 0.132 e. The summed E-state index contributed by atoms with van der Waals surface area (Å²) in [6.45, 7) is 4.28. The molecule has 0 aromatic carbocycles. The predicted molar refractivity (Wildman–Crippen MR) is 63.1 cm³/mol. The third-order valence-electron chi connectivity index (χ3n) is 3.39. The fraction of sp³-hybridized carbons (Fsp3) is 0.692. The van der Waals surface area contributed by atoms with E-state index in [2.05, 4.69) is 16.9 Å². The molecule has 1 aliphatic rings. The van der Waals surface area contributed by atoms with E-state index in [1.807, 2.05) is 13.0 Å². The Morgan fingerprint density at radius 2 is 2.19 bits per heavy atom. The maximum Gasteiger partial charge on any atom is 0.132 e. The molecule has 1 aliphatic carbocycles. The normalized spacial score (nSPS) is 25.7. The highest BCUT2D eigenvalue weighted by Gasteiger charge is 2.22. The van der Waals surface area contributed by atoms with Crippen molar-refractivity contribution in [3.63, 3.8) is 0 Å². The highest BCUT2D eigenvalue weighted by atomic mass is 16.3. The van der Waals surface area contributed by atoms with Crippen molar-refractivity contribution in [3.05, 3.63) is 23.3 Å². The average Bonchev–Trinajstić information content (AvgIpc) is 2.28. The quantitative estimate of drug-likeness (QED) is 0.833. The Kier molecular flexibility index (Phi) is 3.54. The highest BCUT2D eigenvalue weighted by Crippen LogP contribution is 2.34. The van der Waals surface area contributed by atoms with E-state index >= 15 is 0 Å². The van der Waals surface area contributed by atoms with E-state index in [9.17, 15) is 0 Å². The molecule has 3 heteroatoms. The second-order valence-electron chi connectivity index (χ2n) is 4.99. The van der Waals surface area contributed by atoms with Crippen LogP contribution < -0.4 is 0 Å². The SMILES string of the molecule is Cc1cc(CO)nc(C2CCCC(C)C2)n1. The molecule has 3 nitrogen and oxygen atoms in total. The summed E-state index contributed by atoms with van der Waals surface area (Å²) < 4.78 is 0. The molecule has 1 N–H and O–H groups in total. The number of hydrogen-bond donors (Lipinski definition) is 1. The van der Waals surface area contributed by atoms with Crippen molar-refractivity contribution >= 4 is 0 Å². The number of aromatic nitrogens is 2. The first-order valence-electron chi connectivity index (χ1n) is 6.14. The zero-order valence-electron chi connectivity index (χ0n) is 10.1. The topological polar surface area (TPSA) is 46.0 Å². The van der Waals surface area contributed by atoms with Crippen LogP contribution in [0.15, 0.2) is 6.07 Å². The second kappa shape index (κ2) is 4.91. The maximum atomic E-state index is 9.15.